The maximum atomic E-state index is 12.9. The van der Waals surface area contributed by atoms with Gasteiger partial charge in [-0.1, -0.05) is 30.3 Å². The molecular weight excluding hydrogens is 518 g/mol. The van der Waals surface area contributed by atoms with E-state index in [2.05, 4.69) is 37.8 Å². The number of likely N-dealkylation sites (N-methyl/N-ethyl adjacent to an activating group) is 1. The molecule has 216 valence electrons. The number of nitrogens with one attached hydrogen (secondary N) is 3. The molecule has 1 aliphatic heterocycles. The van der Waals surface area contributed by atoms with E-state index in [-0.39, 0.29) is 5.91 Å². The SMILES string of the molecule is CNc1ccccc1.Cc1ccc(CNC=O)cc1NC(=O)c1cnc2cc(OCCN3CCN(C)CC3)ccn12. The van der Waals surface area contributed by atoms with E-state index in [0.29, 0.717) is 36.6 Å². The molecule has 2 amide bonds. The van der Waals surface area contributed by atoms with Crippen molar-refractivity contribution in [2.24, 2.45) is 0 Å². The number of anilines is 2. The standard InChI is InChI=1S/C24H30N6O3.C7H9N/c1-18-3-4-19(15-25-17-31)13-21(18)27-24(32)22-16-26-23-14-20(5-6-30(22)23)33-12-11-29-9-7-28(2)8-10-29;1-8-7-5-3-2-4-6-7/h3-6,13-14,16-17H,7-12,15H2,1-2H3,(H,25,31)(H,27,32);2-6,8H,1H3. The van der Waals surface area contributed by atoms with Crippen LogP contribution in [0.3, 0.4) is 0 Å². The smallest absolute Gasteiger partial charge is 0.274 e. The fraction of sp³-hybridized carbons (Fsp3) is 0.323. The second-order valence-electron chi connectivity index (χ2n) is 9.95. The van der Waals surface area contributed by atoms with Gasteiger partial charge in [-0.15, -0.1) is 0 Å². The average Bonchev–Trinajstić information content (AvgIpc) is 3.43. The van der Waals surface area contributed by atoms with Gasteiger partial charge in [0.15, 0.2) is 0 Å². The number of carbonyl (C=O) groups is 2. The maximum absolute atomic E-state index is 12.9. The number of hydrogen-bond donors (Lipinski definition) is 3. The number of fused-ring (bicyclic) bond motifs is 1. The number of benzene rings is 2. The van der Waals surface area contributed by atoms with Gasteiger partial charge in [0, 0.05) is 70.0 Å². The monoisotopic (exact) mass is 557 g/mol. The van der Waals surface area contributed by atoms with Crippen molar-refractivity contribution in [2.45, 2.75) is 13.5 Å². The molecule has 10 heteroatoms. The first-order valence-electron chi connectivity index (χ1n) is 13.8. The zero-order valence-electron chi connectivity index (χ0n) is 24.0. The molecule has 10 nitrogen and oxygen atoms in total. The lowest BCUT2D eigenvalue weighted by atomic mass is 10.1. The summed E-state index contributed by atoms with van der Waals surface area (Å²) >= 11 is 0. The van der Waals surface area contributed by atoms with Crippen LogP contribution in [0.2, 0.25) is 0 Å². The van der Waals surface area contributed by atoms with Gasteiger partial charge in [0.05, 0.1) is 6.20 Å². The predicted octanol–water partition coefficient (Wildman–Crippen LogP) is 3.50. The van der Waals surface area contributed by atoms with Crippen LogP contribution >= 0.6 is 0 Å². The highest BCUT2D eigenvalue weighted by molar-refractivity contribution is 6.04. The Morgan fingerprint density at radius 3 is 2.54 bits per heavy atom. The van der Waals surface area contributed by atoms with E-state index >= 15 is 0 Å². The van der Waals surface area contributed by atoms with Gasteiger partial charge < -0.3 is 25.6 Å². The first kappa shape index (κ1) is 29.6. The summed E-state index contributed by atoms with van der Waals surface area (Å²) < 4.78 is 7.68. The number of rotatable bonds is 10. The third-order valence-electron chi connectivity index (χ3n) is 6.99. The zero-order chi connectivity index (χ0) is 29.0. The number of ether oxygens (including phenoxy) is 1. The molecule has 4 aromatic rings. The van der Waals surface area contributed by atoms with Crippen molar-refractivity contribution in [1.29, 1.82) is 0 Å². The number of aromatic nitrogens is 2. The first-order valence-corrected chi connectivity index (χ1v) is 13.8. The molecule has 3 heterocycles. The van der Waals surface area contributed by atoms with Gasteiger partial charge >= 0.3 is 0 Å². The molecule has 0 spiro atoms. The fourth-order valence-corrected chi connectivity index (χ4v) is 4.45. The zero-order valence-corrected chi connectivity index (χ0v) is 24.0. The molecule has 1 fully saturated rings. The number of hydrogen-bond acceptors (Lipinski definition) is 7. The maximum Gasteiger partial charge on any atom is 0.274 e. The van der Waals surface area contributed by atoms with E-state index in [1.165, 1.54) is 0 Å². The summed E-state index contributed by atoms with van der Waals surface area (Å²) in [5.74, 6) is 0.482. The van der Waals surface area contributed by atoms with Crippen LogP contribution in [0.5, 0.6) is 5.75 Å². The highest BCUT2D eigenvalue weighted by Gasteiger charge is 2.15. The number of aryl methyl sites for hydroxylation is 1. The van der Waals surface area contributed by atoms with Gasteiger partial charge in [-0.2, -0.15) is 0 Å². The Morgan fingerprint density at radius 2 is 1.83 bits per heavy atom. The van der Waals surface area contributed by atoms with Crippen molar-refractivity contribution in [3.05, 3.63) is 89.9 Å². The molecule has 3 N–H and O–H groups in total. The average molecular weight is 558 g/mol. The molecule has 0 atom stereocenters. The van der Waals surface area contributed by atoms with Crippen molar-refractivity contribution >= 4 is 29.3 Å². The minimum absolute atomic E-state index is 0.255. The number of piperazine rings is 1. The Morgan fingerprint density at radius 1 is 1.05 bits per heavy atom. The Balaban J connectivity index is 0.000000417. The molecule has 0 radical (unpaired) electrons. The molecule has 0 saturated carbocycles. The van der Waals surface area contributed by atoms with Gasteiger partial charge in [-0.25, -0.2) is 4.98 Å². The molecule has 1 saturated heterocycles. The summed E-state index contributed by atoms with van der Waals surface area (Å²) in [5.41, 5.74) is 4.78. The summed E-state index contributed by atoms with van der Waals surface area (Å²) in [5, 5.41) is 8.61. The van der Waals surface area contributed by atoms with Crippen LogP contribution in [0.4, 0.5) is 11.4 Å². The van der Waals surface area contributed by atoms with Gasteiger partial charge in [0.25, 0.3) is 5.91 Å². The van der Waals surface area contributed by atoms with Crippen LogP contribution in [-0.4, -0.2) is 84.9 Å². The van der Waals surface area contributed by atoms with E-state index in [9.17, 15) is 9.59 Å². The molecule has 0 bridgehead atoms. The molecule has 41 heavy (non-hydrogen) atoms. The molecule has 0 unspecified atom stereocenters. The third kappa shape index (κ3) is 8.54. The number of para-hydroxylation sites is 1. The summed E-state index contributed by atoms with van der Waals surface area (Å²) in [4.78, 5) is 32.6. The largest absolute Gasteiger partial charge is 0.492 e. The minimum Gasteiger partial charge on any atom is -0.492 e. The highest BCUT2D eigenvalue weighted by Crippen LogP contribution is 2.20. The van der Waals surface area contributed by atoms with Crippen LogP contribution in [0, 0.1) is 6.92 Å². The van der Waals surface area contributed by atoms with Crippen LogP contribution in [0.15, 0.2) is 73.1 Å². The highest BCUT2D eigenvalue weighted by atomic mass is 16.5. The normalized spacial score (nSPS) is 13.6. The number of amides is 2. The lowest BCUT2D eigenvalue weighted by molar-refractivity contribution is -0.109. The van der Waals surface area contributed by atoms with Gasteiger partial charge in [0.2, 0.25) is 6.41 Å². The molecule has 2 aromatic heterocycles. The lowest BCUT2D eigenvalue weighted by Crippen LogP contribution is -2.45. The quantitative estimate of drug-likeness (QED) is 0.257. The van der Waals surface area contributed by atoms with Crippen molar-refractivity contribution in [2.75, 3.05) is 64.1 Å². The van der Waals surface area contributed by atoms with Crippen molar-refractivity contribution in [1.82, 2.24) is 24.5 Å². The van der Waals surface area contributed by atoms with E-state index < -0.39 is 0 Å². The van der Waals surface area contributed by atoms with Crippen molar-refractivity contribution < 1.29 is 14.3 Å². The molecular formula is C31H39N7O3. The van der Waals surface area contributed by atoms with Crippen LogP contribution in [0.1, 0.15) is 21.6 Å². The molecule has 2 aromatic carbocycles. The second-order valence-corrected chi connectivity index (χ2v) is 9.95. The Kier molecular flexibility index (Phi) is 10.7. The Hall–Kier alpha value is -4.41. The van der Waals surface area contributed by atoms with Gasteiger partial charge in [-0.05, 0) is 49.4 Å². The van der Waals surface area contributed by atoms with Crippen LogP contribution < -0.4 is 20.7 Å². The molecule has 0 aliphatic carbocycles. The number of nitrogens with zero attached hydrogens (tertiary/aromatic N) is 4. The minimum atomic E-state index is -0.255. The van der Waals surface area contributed by atoms with Crippen LogP contribution in [-0.2, 0) is 11.3 Å². The Bertz CT molecular complexity index is 1420. The second kappa shape index (κ2) is 14.8. The van der Waals surface area contributed by atoms with E-state index in [1.54, 1.807) is 16.8 Å². The van der Waals surface area contributed by atoms with E-state index in [0.717, 1.165) is 55.3 Å². The topological polar surface area (TPSA) is 103 Å². The first-order chi connectivity index (χ1) is 20.0. The lowest BCUT2D eigenvalue weighted by Gasteiger charge is -2.32. The Labute approximate surface area is 241 Å². The molecule has 5 rings (SSSR count). The third-order valence-corrected chi connectivity index (χ3v) is 6.99. The fourth-order valence-electron chi connectivity index (χ4n) is 4.45. The van der Waals surface area contributed by atoms with Gasteiger partial charge in [0.1, 0.15) is 23.7 Å². The van der Waals surface area contributed by atoms with Crippen LogP contribution in [0.25, 0.3) is 5.65 Å². The van der Waals surface area contributed by atoms with Crippen molar-refractivity contribution in [3.8, 4) is 5.75 Å². The number of pyridine rings is 1. The summed E-state index contributed by atoms with van der Waals surface area (Å²) in [7, 11) is 4.06. The summed E-state index contributed by atoms with van der Waals surface area (Å²) in [6, 6.07) is 19.5. The molecule has 1 aliphatic rings. The predicted molar refractivity (Wildman–Crippen MR) is 163 cm³/mol. The summed E-state index contributed by atoms with van der Waals surface area (Å²) in [6.45, 7) is 8.13. The van der Waals surface area contributed by atoms with Crippen molar-refractivity contribution in [3.63, 3.8) is 0 Å². The van der Waals surface area contributed by atoms with E-state index in [1.807, 2.05) is 74.6 Å². The summed E-state index contributed by atoms with van der Waals surface area (Å²) in [6.07, 6.45) is 4.02. The number of imidazole rings is 1. The van der Waals surface area contributed by atoms with Gasteiger partial charge in [-0.3, -0.25) is 18.9 Å². The van der Waals surface area contributed by atoms with E-state index in [4.69, 9.17) is 4.74 Å². The number of carbonyl (C=O) groups excluding carboxylic acids is 2.